The van der Waals surface area contributed by atoms with Gasteiger partial charge in [-0.25, -0.2) is 4.98 Å². The Hall–Kier alpha value is -2.67. The lowest BCUT2D eigenvalue weighted by Crippen LogP contribution is -2.24. The maximum Gasteiger partial charge on any atom is 0.255 e. The topological polar surface area (TPSA) is 73.9 Å². The molecule has 2 aromatic heterocycles. The van der Waals surface area contributed by atoms with Crippen molar-refractivity contribution < 1.29 is 4.79 Å². The fraction of sp³-hybridized carbons (Fsp3) is 0.316. The monoisotopic (exact) mass is 367 g/mol. The number of aryl methyl sites for hydroxylation is 1. The van der Waals surface area contributed by atoms with Crippen LogP contribution in [0.15, 0.2) is 35.7 Å². The molecule has 1 aliphatic heterocycles. The summed E-state index contributed by atoms with van der Waals surface area (Å²) >= 11 is 1.64. The third kappa shape index (κ3) is 3.35. The molecule has 0 aliphatic carbocycles. The van der Waals surface area contributed by atoms with Crippen LogP contribution < -0.4 is 10.2 Å². The van der Waals surface area contributed by atoms with E-state index in [0.717, 1.165) is 35.2 Å². The Kier molecular flexibility index (Phi) is 4.71. The first-order chi connectivity index (χ1) is 12.7. The van der Waals surface area contributed by atoms with Gasteiger partial charge in [-0.15, -0.1) is 11.3 Å². The summed E-state index contributed by atoms with van der Waals surface area (Å²) in [5.41, 5.74) is 3.85. The summed E-state index contributed by atoms with van der Waals surface area (Å²) in [6.45, 7) is 4.44. The summed E-state index contributed by atoms with van der Waals surface area (Å²) < 4.78 is 0. The van der Waals surface area contributed by atoms with Crippen LogP contribution >= 0.6 is 11.3 Å². The molecule has 0 unspecified atom stereocenters. The summed E-state index contributed by atoms with van der Waals surface area (Å²) in [6, 6.07) is 9.74. The number of H-pyrrole nitrogens is 1. The van der Waals surface area contributed by atoms with Gasteiger partial charge in [0.25, 0.3) is 5.91 Å². The molecule has 1 amide bonds. The number of hydrogen-bond acceptors (Lipinski definition) is 5. The van der Waals surface area contributed by atoms with Gasteiger partial charge in [-0.2, -0.15) is 5.10 Å². The molecule has 3 aromatic rings. The van der Waals surface area contributed by atoms with Crippen LogP contribution in [0, 0.1) is 6.92 Å². The smallest absolute Gasteiger partial charge is 0.255 e. The van der Waals surface area contributed by atoms with Crippen molar-refractivity contribution in [2.45, 2.75) is 26.3 Å². The van der Waals surface area contributed by atoms with E-state index in [4.69, 9.17) is 0 Å². The molecule has 0 atom stereocenters. The number of rotatable bonds is 5. The molecule has 3 heterocycles. The largest absolute Gasteiger partial charge is 0.348 e. The summed E-state index contributed by atoms with van der Waals surface area (Å²) in [5.74, 6) is -0.133. The Balaban J connectivity index is 1.47. The Bertz CT molecular complexity index is 896. The quantitative estimate of drug-likeness (QED) is 0.725. The third-order valence-corrected chi connectivity index (χ3v) is 5.52. The van der Waals surface area contributed by atoms with Crippen LogP contribution in [0.3, 0.4) is 0 Å². The zero-order valence-electron chi connectivity index (χ0n) is 14.7. The van der Waals surface area contributed by atoms with Gasteiger partial charge < -0.3 is 10.2 Å². The van der Waals surface area contributed by atoms with E-state index in [1.165, 1.54) is 12.8 Å². The molecule has 1 aliphatic rings. The molecule has 1 saturated heterocycles. The van der Waals surface area contributed by atoms with Crippen molar-refractivity contribution >= 4 is 22.4 Å². The lowest BCUT2D eigenvalue weighted by atomic mass is 10.1. The van der Waals surface area contributed by atoms with E-state index in [9.17, 15) is 4.79 Å². The van der Waals surface area contributed by atoms with Gasteiger partial charge in [-0.1, -0.05) is 30.3 Å². The maximum absolute atomic E-state index is 12.8. The van der Waals surface area contributed by atoms with Crippen molar-refractivity contribution in [2.75, 3.05) is 18.0 Å². The molecule has 7 heteroatoms. The normalized spacial score (nSPS) is 14.0. The predicted molar refractivity (Wildman–Crippen MR) is 103 cm³/mol. The van der Waals surface area contributed by atoms with Gasteiger partial charge in [-0.3, -0.25) is 9.89 Å². The standard InChI is InChI=1S/C19H21N5OS/c1-13-16(17(23-22-13)14-7-3-2-4-8-14)18(25)20-11-15-12-26-19(21-15)24-9-5-6-10-24/h2-4,7-8,12H,5-6,9-11H2,1H3,(H,20,25)(H,22,23). The number of hydrogen-bond donors (Lipinski definition) is 2. The zero-order valence-corrected chi connectivity index (χ0v) is 15.5. The maximum atomic E-state index is 12.8. The molecule has 134 valence electrons. The van der Waals surface area contributed by atoms with Gasteiger partial charge in [0.2, 0.25) is 0 Å². The SMILES string of the molecule is Cc1[nH]nc(-c2ccccc2)c1C(=O)NCc1csc(N2CCCC2)n1. The van der Waals surface area contributed by atoms with Crippen molar-refractivity contribution in [3.05, 3.63) is 52.7 Å². The second-order valence-corrected chi connectivity index (χ2v) is 7.27. The van der Waals surface area contributed by atoms with Crippen molar-refractivity contribution in [3.8, 4) is 11.3 Å². The van der Waals surface area contributed by atoms with E-state index in [2.05, 4.69) is 25.4 Å². The van der Waals surface area contributed by atoms with Crippen molar-refractivity contribution in [3.63, 3.8) is 0 Å². The molecular weight excluding hydrogens is 346 g/mol. The molecule has 1 fully saturated rings. The minimum absolute atomic E-state index is 0.133. The van der Waals surface area contributed by atoms with E-state index in [0.29, 0.717) is 17.8 Å². The minimum Gasteiger partial charge on any atom is -0.348 e. The fourth-order valence-electron chi connectivity index (χ4n) is 3.20. The third-order valence-electron chi connectivity index (χ3n) is 4.57. The summed E-state index contributed by atoms with van der Waals surface area (Å²) in [7, 11) is 0. The highest BCUT2D eigenvalue weighted by Crippen LogP contribution is 2.25. The molecule has 1 aromatic carbocycles. The number of anilines is 1. The van der Waals surface area contributed by atoms with Crippen LogP contribution in [-0.4, -0.2) is 34.2 Å². The van der Waals surface area contributed by atoms with E-state index in [1.54, 1.807) is 11.3 Å². The average molecular weight is 367 g/mol. The number of carbonyl (C=O) groups excluding carboxylic acids is 1. The van der Waals surface area contributed by atoms with Gasteiger partial charge in [0.05, 0.1) is 17.8 Å². The molecule has 2 N–H and O–H groups in total. The first kappa shape index (κ1) is 16.8. The fourth-order valence-corrected chi connectivity index (χ4v) is 4.08. The lowest BCUT2D eigenvalue weighted by molar-refractivity contribution is 0.0950. The second kappa shape index (κ2) is 7.29. The number of carbonyl (C=O) groups is 1. The van der Waals surface area contributed by atoms with Gasteiger partial charge in [0.1, 0.15) is 5.69 Å². The molecule has 0 bridgehead atoms. The molecule has 4 rings (SSSR count). The molecule has 0 spiro atoms. The van der Waals surface area contributed by atoms with Crippen LogP contribution in [0.5, 0.6) is 0 Å². The van der Waals surface area contributed by atoms with E-state index < -0.39 is 0 Å². The molecule has 26 heavy (non-hydrogen) atoms. The molecule has 0 saturated carbocycles. The van der Waals surface area contributed by atoms with Crippen LogP contribution in [0.2, 0.25) is 0 Å². The Morgan fingerprint density at radius 1 is 1.27 bits per heavy atom. The van der Waals surface area contributed by atoms with Crippen molar-refractivity contribution in [1.82, 2.24) is 20.5 Å². The molecule has 6 nitrogen and oxygen atoms in total. The zero-order chi connectivity index (χ0) is 17.9. The first-order valence-corrected chi connectivity index (χ1v) is 9.68. The minimum atomic E-state index is -0.133. The van der Waals surface area contributed by atoms with Crippen LogP contribution in [-0.2, 0) is 6.54 Å². The van der Waals surface area contributed by atoms with Crippen LogP contribution in [0.1, 0.15) is 34.6 Å². The lowest BCUT2D eigenvalue weighted by Gasteiger charge is -2.12. The Morgan fingerprint density at radius 2 is 2.04 bits per heavy atom. The number of aromatic nitrogens is 3. The predicted octanol–water partition coefficient (Wildman–Crippen LogP) is 3.37. The Morgan fingerprint density at radius 3 is 2.81 bits per heavy atom. The van der Waals surface area contributed by atoms with Crippen molar-refractivity contribution in [1.29, 1.82) is 0 Å². The van der Waals surface area contributed by atoms with Crippen LogP contribution in [0.25, 0.3) is 11.3 Å². The summed E-state index contributed by atoms with van der Waals surface area (Å²) in [6.07, 6.45) is 2.46. The van der Waals surface area contributed by atoms with Gasteiger partial charge >= 0.3 is 0 Å². The van der Waals surface area contributed by atoms with Gasteiger partial charge in [0, 0.05) is 29.7 Å². The van der Waals surface area contributed by atoms with Gasteiger partial charge in [-0.05, 0) is 19.8 Å². The number of aromatic amines is 1. The number of benzene rings is 1. The van der Waals surface area contributed by atoms with E-state index in [1.807, 2.05) is 42.6 Å². The van der Waals surface area contributed by atoms with Crippen molar-refractivity contribution in [2.24, 2.45) is 0 Å². The number of nitrogens with one attached hydrogen (secondary N) is 2. The highest BCUT2D eigenvalue weighted by Gasteiger charge is 2.20. The average Bonchev–Trinajstić information content (AvgIpc) is 3.40. The second-order valence-electron chi connectivity index (χ2n) is 6.44. The van der Waals surface area contributed by atoms with Gasteiger partial charge in [0.15, 0.2) is 5.13 Å². The number of nitrogens with zero attached hydrogens (tertiary/aromatic N) is 3. The molecular formula is C19H21N5OS. The highest BCUT2D eigenvalue weighted by molar-refractivity contribution is 7.13. The first-order valence-electron chi connectivity index (χ1n) is 8.80. The van der Waals surface area contributed by atoms with E-state index in [-0.39, 0.29) is 5.91 Å². The van der Waals surface area contributed by atoms with Crippen LogP contribution in [0.4, 0.5) is 5.13 Å². The number of thiazole rings is 1. The Labute approximate surface area is 156 Å². The molecule has 0 radical (unpaired) electrons. The summed E-state index contributed by atoms with van der Waals surface area (Å²) in [4.78, 5) is 19.7. The van der Waals surface area contributed by atoms with E-state index >= 15 is 0 Å². The highest BCUT2D eigenvalue weighted by atomic mass is 32.1. The summed E-state index contributed by atoms with van der Waals surface area (Å²) in [5, 5.41) is 13.3. The number of amides is 1.